The predicted molar refractivity (Wildman–Crippen MR) is 369 cm³/mol. The number of hydrogen-bond acceptors (Lipinski definition) is 16. The van der Waals surface area contributed by atoms with Gasteiger partial charge < -0.3 is 66.4 Å². The van der Waals surface area contributed by atoms with E-state index in [1.165, 1.54) is 6.07 Å². The van der Waals surface area contributed by atoms with Gasteiger partial charge in [0.15, 0.2) is 17.5 Å². The number of hydrogen-bond donors (Lipinski definition) is 11. The molecule has 17 atom stereocenters. The number of aliphatic hydroxyl groups is 5. The topological polar surface area (TPSA) is 298 Å². The first-order valence-corrected chi connectivity index (χ1v) is 37.3. The van der Waals surface area contributed by atoms with E-state index >= 15 is 9.59 Å². The number of aliphatic hydroxyl groups excluding tert-OH is 5. The Hall–Kier alpha value is -7.73. The molecular weight excluding hydrogens is 1260 g/mol. The van der Waals surface area contributed by atoms with E-state index in [0.717, 1.165) is 128 Å². The highest BCUT2D eigenvalue weighted by Gasteiger charge is 2.78. The molecule has 11 aliphatic carbocycles. The second-order valence-corrected chi connectivity index (χ2v) is 34.0. The van der Waals surface area contributed by atoms with Crippen molar-refractivity contribution in [1.29, 1.82) is 0 Å². The molecule has 1 saturated heterocycles. The number of phenolic OH excluding ortho intramolecular Hbond substituents is 1. The third-order valence-corrected chi connectivity index (χ3v) is 29.7. The summed E-state index contributed by atoms with van der Waals surface area (Å²) >= 11 is 0. The van der Waals surface area contributed by atoms with Crippen LogP contribution in [-0.4, -0.2) is 116 Å². The van der Waals surface area contributed by atoms with Gasteiger partial charge >= 0.3 is 0 Å². The van der Waals surface area contributed by atoms with E-state index in [9.17, 15) is 35.4 Å². The van der Waals surface area contributed by atoms with Crippen LogP contribution in [0.15, 0.2) is 84.5 Å². The Morgan fingerprint density at radius 2 is 1.64 bits per heavy atom. The third-order valence-electron chi connectivity index (χ3n) is 29.7. The Morgan fingerprint density at radius 3 is 2.49 bits per heavy atom. The molecule has 10 bridgehead atoms. The summed E-state index contributed by atoms with van der Waals surface area (Å²) < 4.78 is 15.4. The van der Waals surface area contributed by atoms with E-state index in [-0.39, 0.29) is 75.6 Å². The number of nitrogens with two attached hydrogens (primary N) is 1. The lowest BCUT2D eigenvalue weighted by molar-refractivity contribution is -0.366. The number of carbonyl (C=O) groups is 3. The van der Waals surface area contributed by atoms with Gasteiger partial charge in [0.05, 0.1) is 46.5 Å². The number of carbonyl (C=O) groups excluding carboxylic acids is 3. The van der Waals surface area contributed by atoms with Crippen LogP contribution in [0, 0.1) is 64.1 Å². The number of ether oxygens (including phenoxy) is 2. The van der Waals surface area contributed by atoms with E-state index in [2.05, 4.69) is 62.8 Å². The van der Waals surface area contributed by atoms with Gasteiger partial charge in [-0.3, -0.25) is 14.4 Å². The van der Waals surface area contributed by atoms with Crippen molar-refractivity contribution in [2.75, 3.05) is 11.9 Å². The number of H-pyrrole nitrogens is 2. The minimum absolute atomic E-state index is 0.00320. The van der Waals surface area contributed by atoms with Crippen molar-refractivity contribution < 1.29 is 54.5 Å². The average Bonchev–Trinajstić information content (AvgIpc) is 1.40. The highest BCUT2D eigenvalue weighted by atomic mass is 16.7. The minimum atomic E-state index is -2.55. The molecule has 5 aliphatic heterocycles. The normalized spacial score (nSPS) is 38.9. The molecule has 17 unspecified atom stereocenters. The van der Waals surface area contributed by atoms with Gasteiger partial charge in [-0.15, -0.1) is 5.92 Å². The lowest BCUT2D eigenvalue weighted by atomic mass is 9.45. The fraction of sp³-hybridized carbons (Fsp3) is 0.524. The van der Waals surface area contributed by atoms with Crippen molar-refractivity contribution in [1.82, 2.24) is 25.3 Å². The van der Waals surface area contributed by atoms with E-state index in [1.54, 1.807) is 37.4 Å². The molecule has 0 radical (unpaired) electrons. The van der Waals surface area contributed by atoms with Crippen LogP contribution >= 0.6 is 0 Å². The average molecular weight is 1340 g/mol. The number of phenols is 1. The summed E-state index contributed by atoms with van der Waals surface area (Å²) in [6.07, 6.45) is 16.9. The number of anilines is 1. The molecule has 12 N–H and O–H groups in total. The van der Waals surface area contributed by atoms with Gasteiger partial charge in [0.1, 0.15) is 41.5 Å². The van der Waals surface area contributed by atoms with Crippen molar-refractivity contribution in [2.24, 2.45) is 51.1 Å². The number of benzene rings is 3. The molecule has 6 aromatic rings. The first kappa shape index (κ1) is 61.0. The maximum atomic E-state index is 15.7. The van der Waals surface area contributed by atoms with Gasteiger partial charge in [-0.05, 0) is 213 Å². The maximum Gasteiger partial charge on any atom is 0.261 e. The molecule has 3 aromatic carbocycles. The smallest absolute Gasteiger partial charge is 0.261 e. The molecule has 16 aliphatic rings. The summed E-state index contributed by atoms with van der Waals surface area (Å²) in [6, 6.07) is 15.2. The Balaban J connectivity index is 0.848. The van der Waals surface area contributed by atoms with Gasteiger partial charge in [-0.1, -0.05) is 61.8 Å². The molecule has 100 heavy (non-hydrogen) atoms. The maximum absolute atomic E-state index is 15.7. The predicted octanol–water partition coefficient (Wildman–Crippen LogP) is 10.2. The standard InChI is InChI=1S/C82H85N7O11/c1-40-26-50-59(55(91)27-40)66(94)61-56-31-49-48(60(61)65(50)93)16-25-85-73(49)86-36-58(92)79-38-76(19-4-5-20-76)53-11-7-9-43-8-6-10-44-33-78(21-14-46(90)30-45(78)29-41-12-13-47-42(28-41)15-24-84-72(47)83)68-69(88-39-87-68)81(43,44)57-32-51(62(53)79)64(89-57)52-34-80(99-56)70(96)67(95)71(97)82(100-80)63(52)54(79)35-77(74(82)98)23-22-75(37-77)17-2-3-18-75/h12-13,15-16,24-28,31-32,34,39,43-45,53,58,62,67,70-72,74,84,89,91-92,95-98H,2-6,8-10,14,17-23,29-30,33,35-38,83H2,1H3,(H,85,86)(H,87,88). The molecule has 8 spiro atoms. The van der Waals surface area contributed by atoms with Crippen LogP contribution in [0.5, 0.6) is 11.5 Å². The molecule has 18 nitrogen and oxygen atoms in total. The second kappa shape index (κ2) is 20.3. The zero-order valence-corrected chi connectivity index (χ0v) is 56.3. The van der Waals surface area contributed by atoms with Crippen LogP contribution in [0.3, 0.4) is 0 Å². The van der Waals surface area contributed by atoms with Crippen LogP contribution in [-0.2, 0) is 26.8 Å². The molecule has 22 rings (SSSR count). The van der Waals surface area contributed by atoms with Crippen molar-refractivity contribution >= 4 is 45.6 Å². The molecule has 18 heteroatoms. The van der Waals surface area contributed by atoms with E-state index < -0.39 is 92.2 Å². The number of aromatic hydroxyl groups is 1. The first-order valence-electron chi connectivity index (χ1n) is 37.3. The number of Topliss-reactive ketones (excluding diaryl/α,β-unsaturated/α-hetero) is 1. The zero-order chi connectivity index (χ0) is 67.7. The van der Waals surface area contributed by atoms with Gasteiger partial charge in [-0.25, -0.2) is 9.97 Å². The number of rotatable bonds is 2. The number of nitrogens with zero attached hydrogens (tertiary/aromatic N) is 2. The molecule has 8 heterocycles. The Labute approximate surface area is 579 Å². The molecular formula is C82H85N7O11. The fourth-order valence-electron chi connectivity index (χ4n) is 25.8. The number of imidazole rings is 1. The number of aromatic amines is 2. The molecule has 7 fully saturated rings. The monoisotopic (exact) mass is 1340 g/mol. The van der Waals surface area contributed by atoms with Crippen molar-refractivity contribution in [2.45, 2.75) is 213 Å². The molecule has 3 aromatic heterocycles. The highest BCUT2D eigenvalue weighted by molar-refractivity contribution is 6.34. The van der Waals surface area contributed by atoms with Gasteiger partial charge in [-0.2, -0.15) is 0 Å². The van der Waals surface area contributed by atoms with Gasteiger partial charge in [0.25, 0.3) is 5.79 Å². The zero-order valence-electron chi connectivity index (χ0n) is 56.3. The van der Waals surface area contributed by atoms with Gasteiger partial charge in [0.2, 0.25) is 5.78 Å². The SMILES string of the molecule is Cc1cc(O)c2c(c1)C(=O)c1c(c3cc4c(nccc14)NCC(O)C14CC5(CCCC5)C5C#CCC6CCCC7CC8(CCC(=O)CC8Cc8ccc9c(c8)C=CNC9N)c8nc[nH]c8C67c6cc(c([nH]6)C6=CC7(O3)OC3(C6=C1CC1(CCC6(CCCC6)C1)C3O)C(O)C(O)C7O)C54)C2=O. The summed E-state index contributed by atoms with van der Waals surface area (Å²) in [5.41, 5.74) is 10.00. The number of pyridine rings is 1. The van der Waals surface area contributed by atoms with Gasteiger partial charge in [0, 0.05) is 93.6 Å². The Bertz CT molecular complexity index is 4860. The van der Waals surface area contributed by atoms with Crippen LogP contribution in [0.25, 0.3) is 22.4 Å². The summed E-state index contributed by atoms with van der Waals surface area (Å²) in [5.74, 6) is 3.46. The first-order chi connectivity index (χ1) is 48.3. The van der Waals surface area contributed by atoms with E-state index in [1.807, 2.05) is 12.5 Å². The van der Waals surface area contributed by atoms with E-state index in [0.29, 0.717) is 96.8 Å². The van der Waals surface area contributed by atoms with Crippen molar-refractivity contribution in [3.05, 3.63) is 157 Å². The lowest BCUT2D eigenvalue weighted by Crippen LogP contribution is -2.79. The summed E-state index contributed by atoms with van der Waals surface area (Å²) in [7, 11) is 0. The Morgan fingerprint density at radius 1 is 0.810 bits per heavy atom. The third kappa shape index (κ3) is 7.42. The summed E-state index contributed by atoms with van der Waals surface area (Å²) in [6.45, 7) is 1.69. The number of ketones is 3. The van der Waals surface area contributed by atoms with Crippen LogP contribution in [0.1, 0.15) is 229 Å². The molecule has 0 amide bonds. The number of aromatic nitrogens is 4. The summed E-state index contributed by atoms with van der Waals surface area (Å²) in [4.78, 5) is 64.1. The Kier molecular flexibility index (Phi) is 12.4. The quantitative estimate of drug-likeness (QED) is 0.0718. The second-order valence-electron chi connectivity index (χ2n) is 34.0. The summed E-state index contributed by atoms with van der Waals surface area (Å²) in [5, 5.41) is 89.4. The fourth-order valence-corrected chi connectivity index (χ4v) is 25.8. The number of fused-ring (bicyclic) bond motifs is 10. The number of nitrogens with one attached hydrogen (secondary N) is 4. The lowest BCUT2D eigenvalue weighted by Gasteiger charge is -2.64. The number of aryl methyl sites for hydroxylation is 1. The largest absolute Gasteiger partial charge is 0.507 e. The van der Waals surface area contributed by atoms with Crippen LogP contribution < -0.4 is 21.1 Å². The highest BCUT2D eigenvalue weighted by Crippen LogP contribution is 2.79. The minimum Gasteiger partial charge on any atom is -0.507 e. The molecule has 6 saturated carbocycles. The van der Waals surface area contributed by atoms with Crippen LogP contribution in [0.4, 0.5) is 5.82 Å². The van der Waals surface area contributed by atoms with Crippen LogP contribution in [0.2, 0.25) is 0 Å². The molecule has 514 valence electrons. The van der Waals surface area contributed by atoms with Crippen molar-refractivity contribution in [3.63, 3.8) is 0 Å². The van der Waals surface area contributed by atoms with E-state index in [4.69, 9.17) is 25.2 Å². The van der Waals surface area contributed by atoms with Crippen molar-refractivity contribution in [3.8, 4) is 23.3 Å².